The Balaban J connectivity index is 1.73. The van der Waals surface area contributed by atoms with Crippen LogP contribution in [0, 0.1) is 0 Å². The summed E-state index contributed by atoms with van der Waals surface area (Å²) in [5, 5.41) is 0. The highest BCUT2D eigenvalue weighted by atomic mass is 32.2. The van der Waals surface area contributed by atoms with E-state index >= 15 is 0 Å². The Bertz CT molecular complexity index is 518. The van der Waals surface area contributed by atoms with E-state index in [2.05, 4.69) is 0 Å². The summed E-state index contributed by atoms with van der Waals surface area (Å²) >= 11 is 6.58. The first kappa shape index (κ1) is 12.9. The van der Waals surface area contributed by atoms with Crippen LogP contribution >= 0.6 is 24.0 Å². The maximum Gasteiger partial charge on any atom is 0.266 e. The van der Waals surface area contributed by atoms with Gasteiger partial charge in [0.25, 0.3) is 5.91 Å². The highest BCUT2D eigenvalue weighted by Crippen LogP contribution is 2.33. The van der Waals surface area contributed by atoms with Crippen molar-refractivity contribution in [1.82, 2.24) is 4.90 Å². The van der Waals surface area contributed by atoms with Crippen LogP contribution in [0.2, 0.25) is 0 Å². The molecule has 3 rings (SSSR count). The number of thiocarbonyl (C=S) groups is 1. The zero-order chi connectivity index (χ0) is 13.2. The van der Waals surface area contributed by atoms with E-state index in [4.69, 9.17) is 21.4 Å². The Morgan fingerprint density at radius 3 is 3.16 bits per heavy atom. The molecule has 6 heteroatoms. The number of hydrogen-bond donors (Lipinski definition) is 0. The van der Waals surface area contributed by atoms with Crippen LogP contribution in [-0.2, 0) is 9.53 Å². The quantitative estimate of drug-likeness (QED) is 0.633. The third-order valence-electron chi connectivity index (χ3n) is 3.10. The molecular formula is C13H13NO3S2. The summed E-state index contributed by atoms with van der Waals surface area (Å²) in [4.78, 5) is 14.5. The lowest BCUT2D eigenvalue weighted by Gasteiger charge is -2.18. The first-order valence-electron chi connectivity index (χ1n) is 6.14. The van der Waals surface area contributed by atoms with Crippen LogP contribution in [0.5, 0.6) is 0 Å². The molecule has 0 aliphatic carbocycles. The van der Waals surface area contributed by atoms with Gasteiger partial charge in [-0.1, -0.05) is 24.0 Å². The zero-order valence-corrected chi connectivity index (χ0v) is 11.8. The lowest BCUT2D eigenvalue weighted by atomic mass is 10.2. The van der Waals surface area contributed by atoms with Gasteiger partial charge in [0.1, 0.15) is 10.1 Å². The molecule has 2 aliphatic rings. The van der Waals surface area contributed by atoms with Crippen LogP contribution in [-0.4, -0.2) is 34.4 Å². The molecule has 0 aromatic carbocycles. The number of carbonyl (C=O) groups is 1. The molecule has 1 aromatic rings. The minimum Gasteiger partial charge on any atom is -0.465 e. The SMILES string of the molecule is O=C1/C(=C/c2ccco2)SC(=S)N1C[C@@H]1CCCO1. The minimum absolute atomic E-state index is 0.0538. The summed E-state index contributed by atoms with van der Waals surface area (Å²) in [6.07, 6.45) is 5.48. The highest BCUT2D eigenvalue weighted by Gasteiger charge is 2.34. The third kappa shape index (κ3) is 2.75. The van der Waals surface area contributed by atoms with Crippen LogP contribution in [0.1, 0.15) is 18.6 Å². The van der Waals surface area contributed by atoms with Gasteiger partial charge in [-0.25, -0.2) is 0 Å². The Kier molecular flexibility index (Phi) is 3.72. The second kappa shape index (κ2) is 5.48. The lowest BCUT2D eigenvalue weighted by molar-refractivity contribution is -0.123. The van der Waals surface area contributed by atoms with Crippen molar-refractivity contribution < 1.29 is 13.9 Å². The number of ether oxygens (including phenoxy) is 1. The van der Waals surface area contributed by atoms with Gasteiger partial charge in [0.2, 0.25) is 0 Å². The van der Waals surface area contributed by atoms with Crippen molar-refractivity contribution in [1.29, 1.82) is 0 Å². The standard InChI is InChI=1S/C13H13NO3S2/c15-12-11(7-9-3-1-5-16-9)19-13(18)14(12)8-10-4-2-6-17-10/h1,3,5,7,10H,2,4,6,8H2/b11-7-/t10-/m0/s1. The molecule has 0 saturated carbocycles. The molecule has 0 N–H and O–H groups in total. The van der Waals surface area contributed by atoms with Gasteiger partial charge in [0, 0.05) is 12.7 Å². The molecular weight excluding hydrogens is 282 g/mol. The summed E-state index contributed by atoms with van der Waals surface area (Å²) in [5.41, 5.74) is 0. The van der Waals surface area contributed by atoms with Crippen LogP contribution in [0.3, 0.4) is 0 Å². The normalized spacial score (nSPS) is 25.8. The molecule has 1 atom stereocenters. The van der Waals surface area contributed by atoms with Crippen molar-refractivity contribution >= 4 is 40.3 Å². The van der Waals surface area contributed by atoms with Gasteiger partial charge < -0.3 is 9.15 Å². The highest BCUT2D eigenvalue weighted by molar-refractivity contribution is 8.26. The molecule has 4 nitrogen and oxygen atoms in total. The zero-order valence-electron chi connectivity index (χ0n) is 10.2. The Morgan fingerprint density at radius 1 is 1.58 bits per heavy atom. The van der Waals surface area contributed by atoms with Gasteiger partial charge in [-0.2, -0.15) is 0 Å². The fourth-order valence-electron chi connectivity index (χ4n) is 2.15. The van der Waals surface area contributed by atoms with E-state index in [0.717, 1.165) is 19.4 Å². The van der Waals surface area contributed by atoms with Crippen LogP contribution in [0.25, 0.3) is 6.08 Å². The molecule has 3 heterocycles. The van der Waals surface area contributed by atoms with Gasteiger partial charge in [-0.3, -0.25) is 9.69 Å². The van der Waals surface area contributed by atoms with Gasteiger partial charge >= 0.3 is 0 Å². The average molecular weight is 295 g/mol. The smallest absolute Gasteiger partial charge is 0.266 e. The van der Waals surface area contributed by atoms with Crippen molar-refractivity contribution in [3.8, 4) is 0 Å². The predicted octanol–water partition coefficient (Wildman–Crippen LogP) is 2.66. The summed E-state index contributed by atoms with van der Waals surface area (Å²) in [6, 6.07) is 3.60. The second-order valence-electron chi connectivity index (χ2n) is 4.44. The fraction of sp³-hybridized carbons (Fsp3) is 0.385. The third-order valence-corrected chi connectivity index (χ3v) is 4.48. The summed E-state index contributed by atoms with van der Waals surface area (Å²) in [5.74, 6) is 0.611. The number of carbonyl (C=O) groups excluding carboxylic acids is 1. The lowest BCUT2D eigenvalue weighted by Crippen LogP contribution is -2.35. The van der Waals surface area contributed by atoms with Crippen molar-refractivity contribution in [3.63, 3.8) is 0 Å². The molecule has 1 aromatic heterocycles. The van der Waals surface area contributed by atoms with E-state index in [1.807, 2.05) is 6.07 Å². The summed E-state index contributed by atoms with van der Waals surface area (Å²) in [6.45, 7) is 1.34. The van der Waals surface area contributed by atoms with Gasteiger partial charge in [-0.15, -0.1) is 0 Å². The molecule has 0 unspecified atom stereocenters. The Labute approximate surface area is 120 Å². The Morgan fingerprint density at radius 2 is 2.47 bits per heavy atom. The number of nitrogens with zero attached hydrogens (tertiary/aromatic N) is 1. The van der Waals surface area contributed by atoms with Crippen molar-refractivity contribution in [2.45, 2.75) is 18.9 Å². The predicted molar refractivity (Wildman–Crippen MR) is 77.6 cm³/mol. The monoisotopic (exact) mass is 295 g/mol. The van der Waals surface area contributed by atoms with Crippen molar-refractivity contribution in [2.24, 2.45) is 0 Å². The molecule has 1 amide bonds. The van der Waals surface area contributed by atoms with E-state index in [1.165, 1.54) is 11.8 Å². The molecule has 2 saturated heterocycles. The molecule has 2 aliphatic heterocycles. The largest absolute Gasteiger partial charge is 0.465 e. The molecule has 0 bridgehead atoms. The number of rotatable bonds is 3. The van der Waals surface area contributed by atoms with E-state index in [-0.39, 0.29) is 12.0 Å². The number of furan rings is 1. The summed E-state index contributed by atoms with van der Waals surface area (Å²) in [7, 11) is 0. The van der Waals surface area contributed by atoms with E-state index in [0.29, 0.717) is 21.5 Å². The molecule has 19 heavy (non-hydrogen) atoms. The van der Waals surface area contributed by atoms with Gasteiger partial charge in [0.05, 0.1) is 23.8 Å². The van der Waals surface area contributed by atoms with Crippen molar-refractivity contribution in [3.05, 3.63) is 29.1 Å². The Hall–Kier alpha value is -1.11. The van der Waals surface area contributed by atoms with E-state index in [1.54, 1.807) is 23.3 Å². The fourth-order valence-corrected chi connectivity index (χ4v) is 3.41. The van der Waals surface area contributed by atoms with Crippen LogP contribution in [0.15, 0.2) is 27.7 Å². The molecule has 0 spiro atoms. The second-order valence-corrected chi connectivity index (χ2v) is 6.12. The van der Waals surface area contributed by atoms with E-state index < -0.39 is 0 Å². The van der Waals surface area contributed by atoms with Crippen molar-refractivity contribution in [2.75, 3.05) is 13.2 Å². The first-order chi connectivity index (χ1) is 9.24. The maximum absolute atomic E-state index is 12.3. The summed E-state index contributed by atoms with van der Waals surface area (Å²) < 4.78 is 11.4. The minimum atomic E-state index is -0.0538. The maximum atomic E-state index is 12.3. The number of hydrogen-bond acceptors (Lipinski definition) is 5. The first-order valence-corrected chi connectivity index (χ1v) is 7.37. The van der Waals surface area contributed by atoms with Crippen LogP contribution in [0.4, 0.5) is 0 Å². The van der Waals surface area contributed by atoms with Gasteiger partial charge in [0.15, 0.2) is 0 Å². The topological polar surface area (TPSA) is 42.7 Å². The van der Waals surface area contributed by atoms with Crippen LogP contribution < -0.4 is 0 Å². The average Bonchev–Trinajstić information content (AvgIpc) is 3.10. The molecule has 2 fully saturated rings. The molecule has 100 valence electrons. The number of thioether (sulfide) groups is 1. The molecule has 0 radical (unpaired) electrons. The number of amides is 1. The van der Waals surface area contributed by atoms with Gasteiger partial charge in [-0.05, 0) is 25.0 Å². The van der Waals surface area contributed by atoms with E-state index in [9.17, 15) is 4.79 Å².